The molecule has 90 valence electrons. The topological polar surface area (TPSA) is 47.1 Å². The van der Waals surface area contributed by atoms with Gasteiger partial charge >= 0.3 is 0 Å². The number of hydrogen-bond donors (Lipinski definition) is 1. The average molecular weight is 232 g/mol. The third-order valence-corrected chi connectivity index (χ3v) is 2.55. The maximum Gasteiger partial charge on any atom is 0.124 e. The van der Waals surface area contributed by atoms with Crippen LogP contribution in [-0.2, 0) is 4.74 Å². The lowest BCUT2D eigenvalue weighted by molar-refractivity contribution is 0.0886. The molecule has 0 saturated heterocycles. The molecule has 0 aliphatic rings. The molecule has 0 radical (unpaired) electrons. The molecule has 17 heavy (non-hydrogen) atoms. The van der Waals surface area contributed by atoms with E-state index in [9.17, 15) is 0 Å². The zero-order valence-corrected chi connectivity index (χ0v) is 10.0. The van der Waals surface area contributed by atoms with Gasteiger partial charge in [0.2, 0.25) is 0 Å². The molecule has 1 atom stereocenters. The molecular formula is C13H16N2O2. The minimum atomic E-state index is -0.103. The van der Waals surface area contributed by atoms with Gasteiger partial charge in [-0.3, -0.25) is 0 Å². The molecule has 1 aromatic carbocycles. The highest BCUT2D eigenvalue weighted by atomic mass is 16.5. The van der Waals surface area contributed by atoms with Crippen molar-refractivity contribution in [1.29, 1.82) is 0 Å². The van der Waals surface area contributed by atoms with Crippen molar-refractivity contribution in [2.24, 2.45) is 0 Å². The van der Waals surface area contributed by atoms with Crippen molar-refractivity contribution in [3.8, 4) is 5.75 Å². The van der Waals surface area contributed by atoms with Crippen molar-refractivity contribution in [1.82, 2.24) is 9.97 Å². The number of nitrogens with one attached hydrogen (secondary N) is 1. The first-order chi connectivity index (χ1) is 8.35. The van der Waals surface area contributed by atoms with Crippen LogP contribution in [-0.4, -0.2) is 23.7 Å². The number of aromatic nitrogens is 2. The van der Waals surface area contributed by atoms with Crippen LogP contribution in [0, 0.1) is 0 Å². The minimum absolute atomic E-state index is 0.103. The van der Waals surface area contributed by atoms with Gasteiger partial charge in [-0.1, -0.05) is 12.1 Å². The number of methoxy groups -OCH3 is 1. The van der Waals surface area contributed by atoms with Gasteiger partial charge in [0.1, 0.15) is 11.9 Å². The Balaban J connectivity index is 2.26. The fourth-order valence-corrected chi connectivity index (χ4v) is 1.72. The second-order valence-corrected chi connectivity index (χ2v) is 3.62. The fourth-order valence-electron chi connectivity index (χ4n) is 1.72. The Hall–Kier alpha value is -1.81. The Morgan fingerprint density at radius 2 is 2.06 bits per heavy atom. The van der Waals surface area contributed by atoms with Crippen LogP contribution in [0.3, 0.4) is 0 Å². The summed E-state index contributed by atoms with van der Waals surface area (Å²) in [6.45, 7) is 2.63. The summed E-state index contributed by atoms with van der Waals surface area (Å²) in [6.07, 6.45) is 3.34. The Bertz CT molecular complexity index is 437. The van der Waals surface area contributed by atoms with Crippen molar-refractivity contribution in [3.05, 3.63) is 48.0 Å². The SMILES string of the molecule is CCOC(c1ccc(OC)cc1)c1cnc[nH]1. The normalized spacial score (nSPS) is 12.4. The van der Waals surface area contributed by atoms with E-state index in [-0.39, 0.29) is 6.10 Å². The fraction of sp³-hybridized carbons (Fsp3) is 0.308. The van der Waals surface area contributed by atoms with Gasteiger partial charge in [-0.2, -0.15) is 0 Å². The zero-order chi connectivity index (χ0) is 12.1. The van der Waals surface area contributed by atoms with E-state index in [1.165, 1.54) is 0 Å². The van der Waals surface area contributed by atoms with Gasteiger partial charge < -0.3 is 14.5 Å². The Morgan fingerprint density at radius 3 is 2.59 bits per heavy atom. The molecule has 4 heteroatoms. The van der Waals surface area contributed by atoms with Crippen LogP contribution < -0.4 is 4.74 Å². The molecule has 0 bridgehead atoms. The maximum atomic E-state index is 5.73. The van der Waals surface area contributed by atoms with Crippen LogP contribution in [0.1, 0.15) is 24.3 Å². The van der Waals surface area contributed by atoms with Crippen molar-refractivity contribution >= 4 is 0 Å². The Morgan fingerprint density at radius 1 is 1.29 bits per heavy atom. The van der Waals surface area contributed by atoms with E-state index in [4.69, 9.17) is 9.47 Å². The van der Waals surface area contributed by atoms with Crippen LogP contribution >= 0.6 is 0 Å². The lowest BCUT2D eigenvalue weighted by atomic mass is 10.1. The van der Waals surface area contributed by atoms with Crippen molar-refractivity contribution in [2.45, 2.75) is 13.0 Å². The average Bonchev–Trinajstić information content (AvgIpc) is 2.90. The van der Waals surface area contributed by atoms with Crippen LogP contribution in [0.2, 0.25) is 0 Å². The first kappa shape index (κ1) is 11.7. The van der Waals surface area contributed by atoms with Crippen molar-refractivity contribution in [3.63, 3.8) is 0 Å². The summed E-state index contributed by atoms with van der Waals surface area (Å²) >= 11 is 0. The molecule has 4 nitrogen and oxygen atoms in total. The van der Waals surface area contributed by atoms with E-state index in [2.05, 4.69) is 9.97 Å². The zero-order valence-electron chi connectivity index (χ0n) is 10.0. The van der Waals surface area contributed by atoms with Crippen LogP contribution in [0.25, 0.3) is 0 Å². The lowest BCUT2D eigenvalue weighted by Crippen LogP contribution is -2.06. The summed E-state index contributed by atoms with van der Waals surface area (Å²) < 4.78 is 10.9. The second kappa shape index (κ2) is 5.50. The van der Waals surface area contributed by atoms with E-state index in [0.717, 1.165) is 17.0 Å². The van der Waals surface area contributed by atoms with E-state index in [1.807, 2.05) is 31.2 Å². The number of nitrogens with zero attached hydrogens (tertiary/aromatic N) is 1. The summed E-state index contributed by atoms with van der Waals surface area (Å²) in [7, 11) is 1.66. The summed E-state index contributed by atoms with van der Waals surface area (Å²) in [6, 6.07) is 7.86. The van der Waals surface area contributed by atoms with E-state index < -0.39 is 0 Å². The number of H-pyrrole nitrogens is 1. The van der Waals surface area contributed by atoms with Crippen LogP contribution in [0.5, 0.6) is 5.75 Å². The number of rotatable bonds is 5. The van der Waals surface area contributed by atoms with E-state index in [1.54, 1.807) is 19.6 Å². The molecule has 0 saturated carbocycles. The van der Waals surface area contributed by atoms with E-state index >= 15 is 0 Å². The molecule has 2 aromatic rings. The molecule has 1 unspecified atom stereocenters. The Kier molecular flexibility index (Phi) is 3.77. The number of benzene rings is 1. The highest BCUT2D eigenvalue weighted by Crippen LogP contribution is 2.25. The molecule has 1 N–H and O–H groups in total. The molecule has 2 rings (SSSR count). The summed E-state index contributed by atoms with van der Waals surface area (Å²) in [5.41, 5.74) is 2.04. The first-order valence-corrected chi connectivity index (χ1v) is 5.59. The quantitative estimate of drug-likeness (QED) is 0.861. The molecule has 0 amide bonds. The highest BCUT2D eigenvalue weighted by Gasteiger charge is 2.15. The van der Waals surface area contributed by atoms with Gasteiger partial charge in [0.15, 0.2) is 0 Å². The minimum Gasteiger partial charge on any atom is -0.497 e. The maximum absolute atomic E-state index is 5.73. The lowest BCUT2D eigenvalue weighted by Gasteiger charge is -2.16. The van der Waals surface area contributed by atoms with Gasteiger partial charge in [0.25, 0.3) is 0 Å². The summed E-state index contributed by atoms with van der Waals surface area (Å²) in [5, 5.41) is 0. The van der Waals surface area contributed by atoms with Gasteiger partial charge in [-0.15, -0.1) is 0 Å². The number of imidazole rings is 1. The predicted octanol–water partition coefficient (Wildman–Crippen LogP) is 2.54. The second-order valence-electron chi connectivity index (χ2n) is 3.62. The van der Waals surface area contributed by atoms with Crippen LogP contribution in [0.4, 0.5) is 0 Å². The van der Waals surface area contributed by atoms with Crippen LogP contribution in [0.15, 0.2) is 36.8 Å². The molecular weight excluding hydrogens is 216 g/mol. The summed E-state index contributed by atoms with van der Waals surface area (Å²) in [5.74, 6) is 0.841. The number of aromatic amines is 1. The first-order valence-electron chi connectivity index (χ1n) is 5.59. The highest BCUT2D eigenvalue weighted by molar-refractivity contribution is 5.31. The number of ether oxygens (including phenoxy) is 2. The molecule has 1 aromatic heterocycles. The monoisotopic (exact) mass is 232 g/mol. The molecule has 1 heterocycles. The third-order valence-electron chi connectivity index (χ3n) is 2.55. The van der Waals surface area contributed by atoms with Gasteiger partial charge in [-0.05, 0) is 24.6 Å². The predicted molar refractivity (Wildman–Crippen MR) is 65.1 cm³/mol. The van der Waals surface area contributed by atoms with Gasteiger partial charge in [0.05, 0.1) is 25.3 Å². The molecule has 0 aliphatic carbocycles. The van der Waals surface area contributed by atoms with Gasteiger partial charge in [-0.25, -0.2) is 4.98 Å². The smallest absolute Gasteiger partial charge is 0.124 e. The molecule has 0 aliphatic heterocycles. The third kappa shape index (κ3) is 2.65. The molecule has 0 spiro atoms. The standard InChI is InChI=1S/C13H16N2O2/c1-3-17-13(12-8-14-9-15-12)10-4-6-11(16-2)7-5-10/h4-9,13H,3H2,1-2H3,(H,14,15). The Labute approximate surface area is 101 Å². The van der Waals surface area contributed by atoms with E-state index in [0.29, 0.717) is 6.61 Å². The number of hydrogen-bond acceptors (Lipinski definition) is 3. The van der Waals surface area contributed by atoms with Crippen molar-refractivity contribution < 1.29 is 9.47 Å². The summed E-state index contributed by atoms with van der Waals surface area (Å²) in [4.78, 5) is 7.11. The van der Waals surface area contributed by atoms with Crippen molar-refractivity contribution in [2.75, 3.05) is 13.7 Å². The largest absolute Gasteiger partial charge is 0.497 e. The van der Waals surface area contributed by atoms with Gasteiger partial charge in [0, 0.05) is 6.61 Å². The molecule has 0 fully saturated rings.